The van der Waals surface area contributed by atoms with Gasteiger partial charge in [0.2, 0.25) is 0 Å². The summed E-state index contributed by atoms with van der Waals surface area (Å²) in [7, 11) is 0. The number of benzene rings is 2. The molecule has 5 heteroatoms. The van der Waals surface area contributed by atoms with Crippen LogP contribution in [-0.4, -0.2) is 21.3 Å². The fourth-order valence-corrected chi connectivity index (χ4v) is 2.64. The number of aldehydes is 1. The number of hydrogen-bond acceptors (Lipinski definition) is 3. The van der Waals surface area contributed by atoms with Crippen LogP contribution in [0.1, 0.15) is 27.3 Å². The molecule has 0 saturated carbocycles. The van der Waals surface area contributed by atoms with E-state index in [1.54, 1.807) is 10.7 Å². The molecule has 0 atom stereocenters. The average Bonchev–Trinajstić information content (AvgIpc) is 2.91. The highest BCUT2D eigenvalue weighted by Crippen LogP contribution is 2.22. The summed E-state index contributed by atoms with van der Waals surface area (Å²) in [5, 5.41) is 8.79. The van der Waals surface area contributed by atoms with Gasteiger partial charge in [0, 0.05) is 11.4 Å². The zero-order valence-corrected chi connectivity index (χ0v) is 12.8. The monoisotopic (exact) mass is 311 g/mol. The van der Waals surface area contributed by atoms with E-state index >= 15 is 0 Å². The molecule has 2 aromatic carbocycles. The van der Waals surface area contributed by atoms with Crippen LogP contribution in [0.2, 0.25) is 5.02 Å². The van der Waals surface area contributed by atoms with Crippen molar-refractivity contribution in [3.8, 4) is 5.69 Å². The zero-order chi connectivity index (χ0) is 15.5. The van der Waals surface area contributed by atoms with E-state index in [9.17, 15) is 4.79 Å². The molecule has 0 unspecified atom stereocenters. The summed E-state index contributed by atoms with van der Waals surface area (Å²) in [6.07, 6.45) is 1.33. The lowest BCUT2D eigenvalue weighted by atomic mass is 10.1. The van der Waals surface area contributed by atoms with Gasteiger partial charge in [0.05, 0.1) is 11.4 Å². The predicted molar refractivity (Wildman–Crippen MR) is 85.7 cm³/mol. The molecule has 3 aromatic rings. The summed E-state index contributed by atoms with van der Waals surface area (Å²) < 4.78 is 1.71. The Balaban J connectivity index is 2.09. The van der Waals surface area contributed by atoms with Crippen molar-refractivity contribution >= 4 is 17.9 Å². The Morgan fingerprint density at radius 3 is 2.64 bits per heavy atom. The van der Waals surface area contributed by atoms with Crippen LogP contribution in [0.3, 0.4) is 0 Å². The third-order valence-corrected chi connectivity index (χ3v) is 3.74. The van der Waals surface area contributed by atoms with Crippen LogP contribution in [0.5, 0.6) is 0 Å². The van der Waals surface area contributed by atoms with Crippen LogP contribution < -0.4 is 0 Å². The van der Waals surface area contributed by atoms with E-state index in [4.69, 9.17) is 11.6 Å². The number of nitrogens with zero attached hydrogens (tertiary/aromatic N) is 3. The van der Waals surface area contributed by atoms with Gasteiger partial charge in [0.15, 0.2) is 6.29 Å². The summed E-state index contributed by atoms with van der Waals surface area (Å²) in [6.45, 7) is 1.95. The smallest absolute Gasteiger partial charge is 0.172 e. The zero-order valence-electron chi connectivity index (χ0n) is 12.0. The maximum atomic E-state index is 11.3. The quantitative estimate of drug-likeness (QED) is 0.691. The summed E-state index contributed by atoms with van der Waals surface area (Å²) in [4.78, 5) is 11.3. The molecule has 4 nitrogen and oxygen atoms in total. The van der Waals surface area contributed by atoms with Gasteiger partial charge in [-0.25, -0.2) is 4.68 Å². The van der Waals surface area contributed by atoms with Gasteiger partial charge in [0.1, 0.15) is 5.69 Å². The molecule has 0 radical (unpaired) electrons. The highest BCUT2D eigenvalue weighted by molar-refractivity contribution is 6.30. The van der Waals surface area contributed by atoms with Gasteiger partial charge >= 0.3 is 0 Å². The minimum Gasteiger partial charge on any atom is -0.296 e. The number of hydrogen-bond donors (Lipinski definition) is 0. The topological polar surface area (TPSA) is 47.8 Å². The molecule has 0 aliphatic carbocycles. The third kappa shape index (κ3) is 2.78. The Bertz CT molecular complexity index is 812. The molecule has 1 heterocycles. The molecule has 3 rings (SSSR count). The van der Waals surface area contributed by atoms with Crippen molar-refractivity contribution in [2.45, 2.75) is 13.3 Å². The summed E-state index contributed by atoms with van der Waals surface area (Å²) >= 11 is 6.00. The van der Waals surface area contributed by atoms with Crippen LogP contribution >= 0.6 is 11.6 Å². The molecule has 0 amide bonds. The lowest BCUT2D eigenvalue weighted by Gasteiger charge is -2.10. The van der Waals surface area contributed by atoms with Crippen LogP contribution in [0.25, 0.3) is 5.69 Å². The van der Waals surface area contributed by atoms with Gasteiger partial charge in [-0.1, -0.05) is 47.1 Å². The highest BCUT2D eigenvalue weighted by atomic mass is 35.5. The molecule has 1 aromatic heterocycles. The largest absolute Gasteiger partial charge is 0.296 e. The van der Waals surface area contributed by atoms with E-state index in [2.05, 4.69) is 10.3 Å². The third-order valence-electron chi connectivity index (χ3n) is 3.51. The first kappa shape index (κ1) is 14.5. The first-order valence-electron chi connectivity index (χ1n) is 6.89. The minimum atomic E-state index is 0.359. The summed E-state index contributed by atoms with van der Waals surface area (Å²) in [6, 6.07) is 15.5. The predicted octanol–water partition coefficient (Wildman–Crippen LogP) is 3.63. The summed E-state index contributed by atoms with van der Waals surface area (Å²) in [5.41, 5.74) is 4.07. The Labute approximate surface area is 133 Å². The van der Waals surface area contributed by atoms with Gasteiger partial charge in [-0.3, -0.25) is 4.79 Å². The van der Waals surface area contributed by atoms with Crippen molar-refractivity contribution in [1.29, 1.82) is 0 Å². The Kier molecular flexibility index (Phi) is 4.02. The van der Waals surface area contributed by atoms with Gasteiger partial charge in [-0.05, 0) is 36.2 Å². The van der Waals surface area contributed by atoms with Crippen molar-refractivity contribution in [3.05, 3.63) is 76.1 Å². The fourth-order valence-electron chi connectivity index (χ4n) is 2.41. The Morgan fingerprint density at radius 2 is 1.95 bits per heavy atom. The number of aryl methyl sites for hydroxylation is 1. The van der Waals surface area contributed by atoms with Crippen molar-refractivity contribution in [3.63, 3.8) is 0 Å². The maximum Gasteiger partial charge on any atom is 0.172 e. The first-order valence-corrected chi connectivity index (χ1v) is 7.27. The SMILES string of the molecule is Cc1cc(Cl)ccc1-n1nnc(C=O)c1Cc1ccccc1. The van der Waals surface area contributed by atoms with Crippen LogP contribution in [0.15, 0.2) is 48.5 Å². The van der Waals surface area contributed by atoms with Crippen LogP contribution in [0, 0.1) is 6.92 Å². The van der Waals surface area contributed by atoms with E-state index in [-0.39, 0.29) is 0 Å². The molecule has 0 fully saturated rings. The van der Waals surface area contributed by atoms with Crippen molar-refractivity contribution in [2.24, 2.45) is 0 Å². The van der Waals surface area contributed by atoms with E-state index in [0.717, 1.165) is 28.8 Å². The Hall–Kier alpha value is -2.46. The number of carbonyl (C=O) groups excluding carboxylic acids is 1. The van der Waals surface area contributed by atoms with Gasteiger partial charge in [-0.15, -0.1) is 5.10 Å². The normalized spacial score (nSPS) is 10.6. The van der Waals surface area contributed by atoms with E-state index in [1.165, 1.54) is 0 Å². The molecule has 110 valence electrons. The van der Waals surface area contributed by atoms with Crippen LogP contribution in [-0.2, 0) is 6.42 Å². The molecule has 22 heavy (non-hydrogen) atoms. The lowest BCUT2D eigenvalue weighted by Crippen LogP contribution is -2.06. The van der Waals surface area contributed by atoms with Crippen LogP contribution in [0.4, 0.5) is 0 Å². The van der Waals surface area contributed by atoms with E-state index < -0.39 is 0 Å². The first-order chi connectivity index (χ1) is 10.7. The second-order valence-corrected chi connectivity index (χ2v) is 5.48. The number of carbonyl (C=O) groups is 1. The number of halogens is 1. The van der Waals surface area contributed by atoms with Crippen molar-refractivity contribution in [1.82, 2.24) is 15.0 Å². The second-order valence-electron chi connectivity index (χ2n) is 5.04. The molecule has 0 bridgehead atoms. The minimum absolute atomic E-state index is 0.359. The molecule has 0 saturated heterocycles. The summed E-state index contributed by atoms with van der Waals surface area (Å²) in [5.74, 6) is 0. The molecule has 0 aliphatic rings. The van der Waals surface area contributed by atoms with E-state index in [0.29, 0.717) is 17.1 Å². The van der Waals surface area contributed by atoms with Crippen molar-refractivity contribution in [2.75, 3.05) is 0 Å². The van der Waals surface area contributed by atoms with Gasteiger partial charge in [-0.2, -0.15) is 0 Å². The number of aromatic nitrogens is 3. The van der Waals surface area contributed by atoms with E-state index in [1.807, 2.05) is 49.4 Å². The van der Waals surface area contributed by atoms with Gasteiger partial charge in [0.25, 0.3) is 0 Å². The van der Waals surface area contributed by atoms with Gasteiger partial charge < -0.3 is 0 Å². The number of rotatable bonds is 4. The second kappa shape index (κ2) is 6.12. The highest BCUT2D eigenvalue weighted by Gasteiger charge is 2.15. The molecular weight excluding hydrogens is 298 g/mol. The molecule has 0 aliphatic heterocycles. The van der Waals surface area contributed by atoms with Crippen molar-refractivity contribution < 1.29 is 4.79 Å². The average molecular weight is 312 g/mol. The molecular formula is C17H14ClN3O. The molecule has 0 N–H and O–H groups in total. The maximum absolute atomic E-state index is 11.3. The lowest BCUT2D eigenvalue weighted by molar-refractivity contribution is 0.111. The Morgan fingerprint density at radius 1 is 1.18 bits per heavy atom. The standard InChI is InChI=1S/C17H14ClN3O/c1-12-9-14(18)7-8-16(12)21-17(15(11-22)19-20-21)10-13-5-3-2-4-6-13/h2-9,11H,10H2,1H3. The fraction of sp³-hybridized carbons (Fsp3) is 0.118. The molecule has 0 spiro atoms.